The minimum atomic E-state index is 0.342. The summed E-state index contributed by atoms with van der Waals surface area (Å²) in [6.45, 7) is 7.14. The summed E-state index contributed by atoms with van der Waals surface area (Å²) in [6.07, 6.45) is 0.879. The molecule has 0 atom stereocenters. The van der Waals surface area contributed by atoms with Crippen molar-refractivity contribution in [2.75, 3.05) is 51.3 Å². The van der Waals surface area contributed by atoms with Crippen molar-refractivity contribution in [3.63, 3.8) is 0 Å². The largest absolute Gasteiger partial charge is 0.506 e. The predicted octanol–water partition coefficient (Wildman–Crippen LogP) is 2.73. The fourth-order valence-electron chi connectivity index (χ4n) is 3.44. The summed E-state index contributed by atoms with van der Waals surface area (Å²) in [4.78, 5) is 9.35. The van der Waals surface area contributed by atoms with Gasteiger partial charge in [0.2, 0.25) is 0 Å². The summed E-state index contributed by atoms with van der Waals surface area (Å²) in [7, 11) is 1.69. The summed E-state index contributed by atoms with van der Waals surface area (Å²) in [5.74, 6) is 2.19. The number of hydrogen-bond donors (Lipinski definition) is 2. The fourth-order valence-corrected chi connectivity index (χ4v) is 3.44. The number of aliphatic imine (C=N–C) groups is 1. The highest BCUT2D eigenvalue weighted by Gasteiger charge is 2.21. The van der Waals surface area contributed by atoms with E-state index in [1.165, 1.54) is 5.56 Å². The molecule has 150 valence electrons. The number of rotatable bonds is 6. The third kappa shape index (κ3) is 5.09. The van der Waals surface area contributed by atoms with E-state index in [0.29, 0.717) is 5.75 Å². The Morgan fingerprint density at radius 2 is 1.89 bits per heavy atom. The molecule has 2 aromatic rings. The van der Waals surface area contributed by atoms with E-state index in [2.05, 4.69) is 34.2 Å². The number of methoxy groups -OCH3 is 1. The van der Waals surface area contributed by atoms with Crippen molar-refractivity contribution in [3.05, 3.63) is 54.1 Å². The molecular formula is C22H30N4O2. The number of anilines is 1. The van der Waals surface area contributed by atoms with Crippen LogP contribution in [-0.2, 0) is 6.42 Å². The molecular weight excluding hydrogens is 352 g/mol. The molecule has 0 spiro atoms. The normalized spacial score (nSPS) is 14.9. The standard InChI is InChI=1S/C22H30N4O2/c1-3-23-22(24-12-11-18-7-6-8-19(17-18)28-2)26-15-13-25(14-16-26)20-9-4-5-10-21(20)27/h4-10,17,27H,3,11-16H2,1-2H3,(H,23,24). The van der Waals surface area contributed by atoms with E-state index in [1.54, 1.807) is 13.2 Å². The van der Waals surface area contributed by atoms with Crippen LogP contribution in [0.1, 0.15) is 12.5 Å². The van der Waals surface area contributed by atoms with E-state index in [9.17, 15) is 5.11 Å². The molecule has 6 nitrogen and oxygen atoms in total. The van der Waals surface area contributed by atoms with E-state index in [4.69, 9.17) is 9.73 Å². The molecule has 28 heavy (non-hydrogen) atoms. The summed E-state index contributed by atoms with van der Waals surface area (Å²) >= 11 is 0. The molecule has 3 rings (SSSR count). The lowest BCUT2D eigenvalue weighted by Crippen LogP contribution is -2.52. The average molecular weight is 383 g/mol. The van der Waals surface area contributed by atoms with Gasteiger partial charge in [-0.05, 0) is 43.2 Å². The number of nitrogens with zero attached hydrogens (tertiary/aromatic N) is 3. The SMILES string of the molecule is CCNC(=NCCc1cccc(OC)c1)N1CCN(c2ccccc2O)CC1. The predicted molar refractivity (Wildman–Crippen MR) is 115 cm³/mol. The molecule has 1 saturated heterocycles. The Morgan fingerprint density at radius 1 is 1.11 bits per heavy atom. The number of para-hydroxylation sites is 2. The minimum absolute atomic E-state index is 0.342. The Morgan fingerprint density at radius 3 is 2.61 bits per heavy atom. The summed E-state index contributed by atoms with van der Waals surface area (Å²) < 4.78 is 5.29. The van der Waals surface area contributed by atoms with Crippen molar-refractivity contribution in [2.24, 2.45) is 4.99 Å². The number of aromatic hydroxyl groups is 1. The van der Waals surface area contributed by atoms with Crippen molar-refractivity contribution in [3.8, 4) is 11.5 Å². The number of nitrogens with one attached hydrogen (secondary N) is 1. The van der Waals surface area contributed by atoms with Gasteiger partial charge in [-0.25, -0.2) is 0 Å². The number of piperazine rings is 1. The van der Waals surface area contributed by atoms with Gasteiger partial charge in [-0.2, -0.15) is 0 Å². The van der Waals surface area contributed by atoms with Crippen molar-refractivity contribution in [2.45, 2.75) is 13.3 Å². The number of hydrogen-bond acceptors (Lipinski definition) is 4. The first-order valence-electron chi connectivity index (χ1n) is 9.90. The second-order valence-corrected chi connectivity index (χ2v) is 6.80. The number of phenols is 1. The summed E-state index contributed by atoms with van der Waals surface area (Å²) in [5, 5.41) is 13.5. The molecule has 1 fully saturated rings. The van der Waals surface area contributed by atoms with Gasteiger partial charge < -0.3 is 25.0 Å². The Hall–Kier alpha value is -2.89. The van der Waals surface area contributed by atoms with Gasteiger partial charge in [0.25, 0.3) is 0 Å². The van der Waals surface area contributed by atoms with Crippen LogP contribution in [-0.4, -0.2) is 62.3 Å². The van der Waals surface area contributed by atoms with Crippen LogP contribution in [0.2, 0.25) is 0 Å². The van der Waals surface area contributed by atoms with Crippen LogP contribution >= 0.6 is 0 Å². The molecule has 1 heterocycles. The van der Waals surface area contributed by atoms with E-state index >= 15 is 0 Å². The zero-order valence-electron chi connectivity index (χ0n) is 16.8. The highest BCUT2D eigenvalue weighted by molar-refractivity contribution is 5.80. The van der Waals surface area contributed by atoms with Gasteiger partial charge in [-0.15, -0.1) is 0 Å². The highest BCUT2D eigenvalue weighted by Crippen LogP contribution is 2.27. The van der Waals surface area contributed by atoms with Crippen LogP contribution in [0, 0.1) is 0 Å². The van der Waals surface area contributed by atoms with Crippen LogP contribution in [0.4, 0.5) is 5.69 Å². The first-order valence-corrected chi connectivity index (χ1v) is 9.90. The van der Waals surface area contributed by atoms with E-state index in [0.717, 1.165) is 63.1 Å². The summed E-state index contributed by atoms with van der Waals surface area (Å²) in [6, 6.07) is 15.7. The van der Waals surface area contributed by atoms with Crippen molar-refractivity contribution in [1.29, 1.82) is 0 Å². The molecule has 0 radical (unpaired) electrons. The maximum atomic E-state index is 10.1. The Balaban J connectivity index is 1.58. The lowest BCUT2D eigenvalue weighted by molar-refractivity contribution is 0.370. The van der Waals surface area contributed by atoms with Crippen LogP contribution in [0.25, 0.3) is 0 Å². The minimum Gasteiger partial charge on any atom is -0.506 e. The molecule has 1 aliphatic rings. The van der Waals surface area contributed by atoms with Crippen LogP contribution in [0.5, 0.6) is 11.5 Å². The average Bonchev–Trinajstić information content (AvgIpc) is 2.74. The van der Waals surface area contributed by atoms with Crippen LogP contribution in [0.15, 0.2) is 53.5 Å². The Kier molecular flexibility index (Phi) is 7.00. The van der Waals surface area contributed by atoms with Crippen molar-refractivity contribution < 1.29 is 9.84 Å². The van der Waals surface area contributed by atoms with Crippen molar-refractivity contribution in [1.82, 2.24) is 10.2 Å². The second-order valence-electron chi connectivity index (χ2n) is 6.80. The van der Waals surface area contributed by atoms with Gasteiger partial charge in [0.05, 0.1) is 12.8 Å². The van der Waals surface area contributed by atoms with Crippen LogP contribution < -0.4 is 15.0 Å². The molecule has 0 unspecified atom stereocenters. The number of guanidine groups is 1. The van der Waals surface area contributed by atoms with Gasteiger partial charge in [0.1, 0.15) is 11.5 Å². The van der Waals surface area contributed by atoms with Gasteiger partial charge >= 0.3 is 0 Å². The maximum absolute atomic E-state index is 10.1. The molecule has 0 saturated carbocycles. The lowest BCUT2D eigenvalue weighted by atomic mass is 10.1. The second kappa shape index (κ2) is 9.88. The Labute approximate surface area is 167 Å². The molecule has 0 amide bonds. The Bertz CT molecular complexity index is 786. The monoisotopic (exact) mass is 382 g/mol. The molecule has 0 aliphatic carbocycles. The van der Waals surface area contributed by atoms with E-state index < -0.39 is 0 Å². The van der Waals surface area contributed by atoms with E-state index in [-0.39, 0.29) is 0 Å². The van der Waals surface area contributed by atoms with Gasteiger partial charge in [0.15, 0.2) is 5.96 Å². The first kappa shape index (κ1) is 19.9. The van der Waals surface area contributed by atoms with Gasteiger partial charge in [0, 0.05) is 39.3 Å². The zero-order chi connectivity index (χ0) is 19.8. The summed E-state index contributed by atoms with van der Waals surface area (Å²) in [5.41, 5.74) is 2.13. The highest BCUT2D eigenvalue weighted by atomic mass is 16.5. The topological polar surface area (TPSA) is 60.3 Å². The molecule has 0 aromatic heterocycles. The molecule has 1 aliphatic heterocycles. The number of ether oxygens (including phenoxy) is 1. The van der Waals surface area contributed by atoms with Crippen LogP contribution in [0.3, 0.4) is 0 Å². The first-order chi connectivity index (χ1) is 13.7. The number of phenolic OH excluding ortho intramolecular Hbond substituents is 1. The quantitative estimate of drug-likeness (QED) is 0.594. The molecule has 0 bridgehead atoms. The molecule has 2 N–H and O–H groups in total. The maximum Gasteiger partial charge on any atom is 0.194 e. The lowest BCUT2D eigenvalue weighted by Gasteiger charge is -2.37. The smallest absolute Gasteiger partial charge is 0.194 e. The van der Waals surface area contributed by atoms with Crippen molar-refractivity contribution >= 4 is 11.6 Å². The third-order valence-corrected chi connectivity index (χ3v) is 4.93. The van der Waals surface area contributed by atoms with E-state index in [1.807, 2.05) is 30.3 Å². The third-order valence-electron chi connectivity index (χ3n) is 4.93. The zero-order valence-corrected chi connectivity index (χ0v) is 16.8. The fraction of sp³-hybridized carbons (Fsp3) is 0.409. The molecule has 2 aromatic carbocycles. The van der Waals surface area contributed by atoms with Gasteiger partial charge in [-0.3, -0.25) is 4.99 Å². The van der Waals surface area contributed by atoms with Gasteiger partial charge in [-0.1, -0.05) is 24.3 Å². The number of benzene rings is 2. The molecule has 6 heteroatoms.